The number of amides is 1. The molecule has 1 amide bonds. The maximum Gasteiger partial charge on any atom is 0.226 e. The normalized spacial score (nSPS) is 26.5. The largest absolute Gasteiger partial charge is 0.378 e. The van der Waals surface area contributed by atoms with E-state index in [-0.39, 0.29) is 24.2 Å². The number of aliphatic hydroxyl groups excluding tert-OH is 1. The van der Waals surface area contributed by atoms with Crippen LogP contribution in [-0.4, -0.2) is 58.9 Å². The predicted octanol–water partition coefficient (Wildman–Crippen LogP) is 2.54. The Balaban J connectivity index is 1.69. The van der Waals surface area contributed by atoms with Crippen LogP contribution in [0.3, 0.4) is 0 Å². The van der Waals surface area contributed by atoms with Gasteiger partial charge in [0.2, 0.25) is 5.91 Å². The van der Waals surface area contributed by atoms with E-state index in [2.05, 4.69) is 17.1 Å². The van der Waals surface area contributed by atoms with Crippen LogP contribution in [0.1, 0.15) is 72.1 Å². The number of hydrogen-bond donors (Lipinski definition) is 2. The zero-order chi connectivity index (χ0) is 17.5. The summed E-state index contributed by atoms with van der Waals surface area (Å²) in [6.45, 7) is 8.99. The van der Waals surface area contributed by atoms with Crippen molar-refractivity contribution in [3.63, 3.8) is 0 Å². The minimum Gasteiger partial charge on any atom is -0.378 e. The van der Waals surface area contributed by atoms with Crippen LogP contribution in [0.2, 0.25) is 0 Å². The van der Waals surface area contributed by atoms with Crippen molar-refractivity contribution in [3.05, 3.63) is 0 Å². The summed E-state index contributed by atoms with van der Waals surface area (Å²) in [6.07, 6.45) is 8.73. The molecule has 0 spiro atoms. The zero-order valence-electron chi connectivity index (χ0n) is 15.8. The van der Waals surface area contributed by atoms with Crippen molar-refractivity contribution in [2.24, 2.45) is 5.92 Å². The summed E-state index contributed by atoms with van der Waals surface area (Å²) < 4.78 is 0. The fourth-order valence-electron chi connectivity index (χ4n) is 4.17. The van der Waals surface area contributed by atoms with Crippen LogP contribution in [-0.2, 0) is 4.79 Å². The molecule has 2 fully saturated rings. The second-order valence-electron chi connectivity index (χ2n) is 7.74. The summed E-state index contributed by atoms with van der Waals surface area (Å²) in [5.74, 6) is 0.356. The van der Waals surface area contributed by atoms with Gasteiger partial charge in [0, 0.05) is 25.0 Å². The number of carbonyl (C=O) groups excluding carboxylic acids is 1. The molecule has 5 nitrogen and oxygen atoms in total. The van der Waals surface area contributed by atoms with E-state index >= 15 is 0 Å². The highest BCUT2D eigenvalue weighted by Crippen LogP contribution is 2.24. The Kier molecular flexibility index (Phi) is 7.98. The molecule has 0 aromatic carbocycles. The molecule has 2 saturated heterocycles. The molecule has 140 valence electrons. The molecule has 2 aliphatic heterocycles. The minimum absolute atomic E-state index is 0.0829. The molecule has 2 heterocycles. The van der Waals surface area contributed by atoms with E-state index in [1.54, 1.807) is 0 Å². The molecule has 0 radical (unpaired) electrons. The number of carbonyl (C=O) groups is 1. The molecular formula is C19H37N3O2. The third kappa shape index (κ3) is 5.17. The van der Waals surface area contributed by atoms with Crippen LogP contribution in [0.15, 0.2) is 0 Å². The second kappa shape index (κ2) is 9.73. The van der Waals surface area contributed by atoms with Gasteiger partial charge in [-0.1, -0.05) is 27.2 Å². The van der Waals surface area contributed by atoms with Crippen LogP contribution >= 0.6 is 0 Å². The summed E-state index contributed by atoms with van der Waals surface area (Å²) >= 11 is 0. The van der Waals surface area contributed by atoms with E-state index in [1.807, 2.05) is 18.7 Å². The molecule has 0 aromatic heterocycles. The standard InChI is InChI=1S/C19H37N3O2/c1-4-8-18(23)21-13-6-10-16(21)9-5-12-20-17-11-7-14-22(17)19(24)15(2)3/h15-18,20,23H,4-14H2,1-3H3. The zero-order valence-corrected chi connectivity index (χ0v) is 15.8. The van der Waals surface area contributed by atoms with Crippen LogP contribution in [0.4, 0.5) is 0 Å². The Morgan fingerprint density at radius 3 is 2.71 bits per heavy atom. The third-order valence-corrected chi connectivity index (χ3v) is 5.48. The predicted molar refractivity (Wildman–Crippen MR) is 97.5 cm³/mol. The summed E-state index contributed by atoms with van der Waals surface area (Å²) in [5.41, 5.74) is 0. The minimum atomic E-state index is -0.260. The van der Waals surface area contributed by atoms with E-state index in [9.17, 15) is 9.90 Å². The molecule has 2 aliphatic rings. The van der Waals surface area contributed by atoms with Gasteiger partial charge in [0.05, 0.1) is 6.17 Å². The summed E-state index contributed by atoms with van der Waals surface area (Å²) in [7, 11) is 0. The molecule has 0 bridgehead atoms. The Bertz CT molecular complexity index is 389. The lowest BCUT2D eigenvalue weighted by atomic mass is 10.1. The number of nitrogens with one attached hydrogen (secondary N) is 1. The fourth-order valence-corrected chi connectivity index (χ4v) is 4.17. The van der Waals surface area contributed by atoms with E-state index < -0.39 is 0 Å². The molecule has 3 atom stereocenters. The maximum absolute atomic E-state index is 12.2. The van der Waals surface area contributed by atoms with Gasteiger partial charge in [-0.3, -0.25) is 15.0 Å². The quantitative estimate of drug-likeness (QED) is 0.634. The number of rotatable bonds is 9. The van der Waals surface area contributed by atoms with E-state index in [0.717, 1.165) is 58.2 Å². The van der Waals surface area contributed by atoms with Crippen LogP contribution in [0.5, 0.6) is 0 Å². The number of nitrogens with zero attached hydrogens (tertiary/aromatic N) is 2. The lowest BCUT2D eigenvalue weighted by molar-refractivity contribution is -0.135. The van der Waals surface area contributed by atoms with Gasteiger partial charge in [0.1, 0.15) is 6.23 Å². The van der Waals surface area contributed by atoms with Gasteiger partial charge in [-0.15, -0.1) is 0 Å². The van der Waals surface area contributed by atoms with Gasteiger partial charge in [-0.25, -0.2) is 0 Å². The van der Waals surface area contributed by atoms with Gasteiger partial charge in [0.15, 0.2) is 0 Å². The molecule has 0 aromatic rings. The Hall–Kier alpha value is -0.650. The molecule has 3 unspecified atom stereocenters. The smallest absolute Gasteiger partial charge is 0.226 e. The molecule has 5 heteroatoms. The van der Waals surface area contributed by atoms with E-state index in [0.29, 0.717) is 6.04 Å². The van der Waals surface area contributed by atoms with Crippen molar-refractivity contribution in [3.8, 4) is 0 Å². The molecular weight excluding hydrogens is 302 g/mol. The first-order chi connectivity index (χ1) is 11.5. The number of hydrogen-bond acceptors (Lipinski definition) is 4. The van der Waals surface area contributed by atoms with Crippen molar-refractivity contribution < 1.29 is 9.90 Å². The molecule has 2 N–H and O–H groups in total. The average Bonchev–Trinajstić information content (AvgIpc) is 3.20. The summed E-state index contributed by atoms with van der Waals surface area (Å²) in [4.78, 5) is 16.6. The third-order valence-electron chi connectivity index (χ3n) is 5.48. The summed E-state index contributed by atoms with van der Waals surface area (Å²) in [5, 5.41) is 13.8. The Labute approximate surface area is 147 Å². The van der Waals surface area contributed by atoms with Crippen LogP contribution in [0, 0.1) is 5.92 Å². The Morgan fingerprint density at radius 2 is 2.00 bits per heavy atom. The van der Waals surface area contributed by atoms with Crippen LogP contribution < -0.4 is 5.32 Å². The molecule has 0 saturated carbocycles. The summed E-state index contributed by atoms with van der Waals surface area (Å²) in [6, 6.07) is 0.533. The number of aliphatic hydroxyl groups is 1. The average molecular weight is 340 g/mol. The van der Waals surface area contributed by atoms with Gasteiger partial charge < -0.3 is 10.0 Å². The first-order valence-electron chi connectivity index (χ1n) is 10.0. The molecule has 0 aliphatic carbocycles. The highest BCUT2D eigenvalue weighted by molar-refractivity contribution is 5.78. The van der Waals surface area contributed by atoms with Gasteiger partial charge in [0.25, 0.3) is 0 Å². The van der Waals surface area contributed by atoms with Gasteiger partial charge >= 0.3 is 0 Å². The van der Waals surface area contributed by atoms with E-state index in [1.165, 1.54) is 12.8 Å². The number of likely N-dealkylation sites (tertiary alicyclic amines) is 2. The first-order valence-corrected chi connectivity index (χ1v) is 10.0. The maximum atomic E-state index is 12.2. The lowest BCUT2D eigenvalue weighted by Crippen LogP contribution is -2.46. The topological polar surface area (TPSA) is 55.8 Å². The monoisotopic (exact) mass is 339 g/mol. The van der Waals surface area contributed by atoms with Crippen molar-refractivity contribution in [2.45, 2.75) is 90.6 Å². The van der Waals surface area contributed by atoms with Crippen molar-refractivity contribution in [2.75, 3.05) is 19.6 Å². The van der Waals surface area contributed by atoms with Crippen LogP contribution in [0.25, 0.3) is 0 Å². The van der Waals surface area contributed by atoms with Crippen molar-refractivity contribution >= 4 is 5.91 Å². The highest BCUT2D eigenvalue weighted by Gasteiger charge is 2.30. The van der Waals surface area contributed by atoms with Gasteiger partial charge in [-0.05, 0) is 51.5 Å². The second-order valence-corrected chi connectivity index (χ2v) is 7.74. The molecule has 2 rings (SSSR count). The Morgan fingerprint density at radius 1 is 1.25 bits per heavy atom. The van der Waals surface area contributed by atoms with E-state index in [4.69, 9.17) is 0 Å². The SMILES string of the molecule is CCCC(O)N1CCCC1CCCNC1CCCN1C(=O)C(C)C. The van der Waals surface area contributed by atoms with Crippen molar-refractivity contribution in [1.29, 1.82) is 0 Å². The van der Waals surface area contributed by atoms with Crippen molar-refractivity contribution in [1.82, 2.24) is 15.1 Å². The molecule has 24 heavy (non-hydrogen) atoms. The first kappa shape index (κ1) is 19.7. The fraction of sp³-hybridized carbons (Fsp3) is 0.947. The van der Waals surface area contributed by atoms with Gasteiger partial charge in [-0.2, -0.15) is 0 Å². The lowest BCUT2D eigenvalue weighted by Gasteiger charge is -2.30. The highest BCUT2D eigenvalue weighted by atomic mass is 16.3.